The Hall–Kier alpha value is -3.47. The first kappa shape index (κ1) is 27.6. The molecule has 11 heteroatoms. The summed E-state index contributed by atoms with van der Waals surface area (Å²) in [7, 11) is -1.31. The maximum Gasteiger partial charge on any atom is 0.409 e. The topological polar surface area (TPSA) is 90.6 Å². The summed E-state index contributed by atoms with van der Waals surface area (Å²) in [4.78, 5) is 36.4. The Morgan fingerprint density at radius 1 is 1.16 bits per heavy atom. The largest absolute Gasteiger partial charge is 0.450 e. The number of hydrogen-bond acceptors (Lipinski definition) is 4. The van der Waals surface area contributed by atoms with Gasteiger partial charge < -0.3 is 24.8 Å². The molecule has 0 spiro atoms. The standard InChI is InChI=1S/C27H35F2N5O3Si/c1-38(2,3)13-12-37-27(36)33-10-8-22(9-11-33)34(17-20-5-6-21(28)15-23(20)29)26(35)30-16-19-4-7-24-25(14-19)32-18-31-24/h4-7,14-15,18,22H,8-13,16-17H2,1-3H3,(H,30,35)(H,31,32). The molecule has 1 aromatic heterocycles. The Labute approximate surface area is 222 Å². The number of likely N-dealkylation sites (tertiary alicyclic amines) is 1. The number of amides is 3. The number of aromatic amines is 1. The van der Waals surface area contributed by atoms with Crippen molar-refractivity contribution in [3.05, 3.63) is 65.5 Å². The van der Waals surface area contributed by atoms with E-state index in [9.17, 15) is 18.4 Å². The van der Waals surface area contributed by atoms with Crippen molar-refractivity contribution in [2.45, 2.75) is 57.7 Å². The number of urea groups is 1. The molecule has 2 aromatic carbocycles. The second kappa shape index (κ2) is 11.9. The number of ether oxygens (including phenoxy) is 1. The second-order valence-electron chi connectivity index (χ2n) is 10.9. The summed E-state index contributed by atoms with van der Waals surface area (Å²) in [6.45, 7) is 8.23. The number of carbonyl (C=O) groups is 2. The fourth-order valence-corrected chi connectivity index (χ4v) is 5.18. The second-order valence-corrected chi connectivity index (χ2v) is 16.5. The minimum absolute atomic E-state index is 0.0111. The highest BCUT2D eigenvalue weighted by molar-refractivity contribution is 6.76. The van der Waals surface area contributed by atoms with Gasteiger partial charge in [-0.15, -0.1) is 0 Å². The molecule has 2 heterocycles. The molecule has 4 rings (SSSR count). The van der Waals surface area contributed by atoms with Gasteiger partial charge in [0.05, 0.1) is 30.5 Å². The molecule has 3 amide bonds. The van der Waals surface area contributed by atoms with Crippen LogP contribution in [0.2, 0.25) is 25.7 Å². The van der Waals surface area contributed by atoms with Crippen molar-refractivity contribution in [2.75, 3.05) is 19.7 Å². The maximum atomic E-state index is 14.5. The number of nitrogens with zero attached hydrogens (tertiary/aromatic N) is 3. The van der Waals surface area contributed by atoms with Gasteiger partial charge in [0, 0.05) is 45.4 Å². The number of fused-ring (bicyclic) bond motifs is 1. The van der Waals surface area contributed by atoms with Crippen molar-refractivity contribution < 1.29 is 23.1 Å². The molecule has 0 aliphatic carbocycles. The quantitative estimate of drug-likeness (QED) is 0.368. The fraction of sp³-hybridized carbons (Fsp3) is 0.444. The molecule has 2 N–H and O–H groups in total. The molecule has 204 valence electrons. The van der Waals surface area contributed by atoms with Gasteiger partial charge in [-0.2, -0.15) is 0 Å². The van der Waals surface area contributed by atoms with Crippen LogP contribution in [0.4, 0.5) is 18.4 Å². The fourth-order valence-electron chi connectivity index (χ4n) is 4.47. The van der Waals surface area contributed by atoms with Gasteiger partial charge in [-0.1, -0.05) is 31.8 Å². The summed E-state index contributed by atoms with van der Waals surface area (Å²) >= 11 is 0. The zero-order chi connectivity index (χ0) is 27.3. The molecule has 3 aromatic rings. The summed E-state index contributed by atoms with van der Waals surface area (Å²) in [5.74, 6) is -1.37. The third-order valence-electron chi connectivity index (χ3n) is 6.79. The van der Waals surface area contributed by atoms with Crippen LogP contribution in [0, 0.1) is 11.6 Å². The SMILES string of the molecule is C[Si](C)(C)CCOC(=O)N1CCC(N(Cc2ccc(F)cc2F)C(=O)NCc2ccc3nc[nH]c3c2)CC1. The lowest BCUT2D eigenvalue weighted by Gasteiger charge is -2.38. The van der Waals surface area contributed by atoms with E-state index in [1.165, 1.54) is 12.1 Å². The smallest absolute Gasteiger partial charge is 0.409 e. The maximum absolute atomic E-state index is 14.5. The Morgan fingerprint density at radius 2 is 1.92 bits per heavy atom. The molecule has 0 radical (unpaired) electrons. The molecule has 0 saturated carbocycles. The molecular weight excluding hydrogens is 508 g/mol. The third-order valence-corrected chi connectivity index (χ3v) is 8.49. The van der Waals surface area contributed by atoms with Crippen molar-refractivity contribution in [3.63, 3.8) is 0 Å². The van der Waals surface area contributed by atoms with Crippen LogP contribution in [0.25, 0.3) is 11.0 Å². The Morgan fingerprint density at radius 3 is 2.63 bits per heavy atom. The Balaban J connectivity index is 1.40. The zero-order valence-electron chi connectivity index (χ0n) is 22.1. The molecule has 0 atom stereocenters. The number of nitrogens with one attached hydrogen (secondary N) is 2. The van der Waals surface area contributed by atoms with Crippen molar-refractivity contribution in [1.29, 1.82) is 0 Å². The van der Waals surface area contributed by atoms with E-state index in [4.69, 9.17) is 4.74 Å². The van der Waals surface area contributed by atoms with Crippen LogP contribution in [-0.2, 0) is 17.8 Å². The van der Waals surface area contributed by atoms with Gasteiger partial charge in [0.25, 0.3) is 0 Å². The molecule has 8 nitrogen and oxygen atoms in total. The lowest BCUT2D eigenvalue weighted by molar-refractivity contribution is 0.0796. The first-order chi connectivity index (χ1) is 18.1. The van der Waals surface area contributed by atoms with Gasteiger partial charge in [0.2, 0.25) is 0 Å². The van der Waals surface area contributed by atoms with Crippen molar-refractivity contribution >= 4 is 31.2 Å². The number of rotatable bonds is 8. The average Bonchev–Trinajstić information content (AvgIpc) is 3.34. The summed E-state index contributed by atoms with van der Waals surface area (Å²) in [6.07, 6.45) is 2.33. The van der Waals surface area contributed by atoms with Crippen molar-refractivity contribution in [2.24, 2.45) is 0 Å². The van der Waals surface area contributed by atoms with Crippen LogP contribution < -0.4 is 5.32 Å². The van der Waals surface area contributed by atoms with Crippen LogP contribution in [0.1, 0.15) is 24.0 Å². The van der Waals surface area contributed by atoms with E-state index in [-0.39, 0.29) is 36.8 Å². The first-order valence-electron chi connectivity index (χ1n) is 12.9. The predicted molar refractivity (Wildman–Crippen MR) is 144 cm³/mol. The van der Waals surface area contributed by atoms with E-state index in [0.29, 0.717) is 32.5 Å². The molecule has 1 aliphatic heterocycles. The number of halogens is 2. The monoisotopic (exact) mass is 543 g/mol. The summed E-state index contributed by atoms with van der Waals surface area (Å²) in [6, 6.07) is 9.38. The minimum Gasteiger partial charge on any atom is -0.450 e. The summed E-state index contributed by atoms with van der Waals surface area (Å²) < 4.78 is 33.5. The normalized spacial score (nSPS) is 14.5. The number of hydrogen-bond donors (Lipinski definition) is 2. The van der Waals surface area contributed by atoms with E-state index in [1.807, 2.05) is 18.2 Å². The van der Waals surface area contributed by atoms with Gasteiger partial charge in [-0.3, -0.25) is 0 Å². The lowest BCUT2D eigenvalue weighted by atomic mass is 10.0. The highest BCUT2D eigenvalue weighted by Gasteiger charge is 2.31. The van der Waals surface area contributed by atoms with E-state index < -0.39 is 19.7 Å². The summed E-state index contributed by atoms with van der Waals surface area (Å²) in [5, 5.41) is 2.94. The van der Waals surface area contributed by atoms with Gasteiger partial charge in [0.1, 0.15) is 11.6 Å². The van der Waals surface area contributed by atoms with Crippen LogP contribution in [0.15, 0.2) is 42.7 Å². The highest BCUT2D eigenvalue weighted by atomic mass is 28.3. The highest BCUT2D eigenvalue weighted by Crippen LogP contribution is 2.22. The van der Waals surface area contributed by atoms with Crippen molar-refractivity contribution in [3.8, 4) is 0 Å². The molecule has 1 saturated heterocycles. The van der Waals surface area contributed by atoms with E-state index >= 15 is 0 Å². The number of H-pyrrole nitrogens is 1. The number of piperidine rings is 1. The first-order valence-corrected chi connectivity index (χ1v) is 16.6. The number of imidazole rings is 1. The molecule has 1 fully saturated rings. The van der Waals surface area contributed by atoms with Gasteiger partial charge in [-0.05, 0) is 42.6 Å². The van der Waals surface area contributed by atoms with Gasteiger partial charge >= 0.3 is 12.1 Å². The average molecular weight is 544 g/mol. The van der Waals surface area contributed by atoms with Gasteiger partial charge in [0.15, 0.2) is 0 Å². The Bertz CT molecular complexity index is 1270. The van der Waals surface area contributed by atoms with Crippen LogP contribution in [0.3, 0.4) is 0 Å². The van der Waals surface area contributed by atoms with Crippen LogP contribution in [0.5, 0.6) is 0 Å². The number of carbonyl (C=O) groups excluding carboxylic acids is 2. The zero-order valence-corrected chi connectivity index (χ0v) is 23.1. The number of benzene rings is 2. The number of aromatic nitrogens is 2. The third kappa shape index (κ3) is 7.30. The van der Waals surface area contributed by atoms with E-state index in [0.717, 1.165) is 28.7 Å². The predicted octanol–water partition coefficient (Wildman–Crippen LogP) is 5.49. The summed E-state index contributed by atoms with van der Waals surface area (Å²) in [5.41, 5.74) is 2.82. The minimum atomic E-state index is -1.31. The van der Waals surface area contributed by atoms with E-state index in [1.54, 1.807) is 16.1 Å². The van der Waals surface area contributed by atoms with Crippen LogP contribution in [-0.4, -0.2) is 65.7 Å². The lowest BCUT2D eigenvalue weighted by Crippen LogP contribution is -2.51. The van der Waals surface area contributed by atoms with E-state index in [2.05, 4.69) is 34.9 Å². The van der Waals surface area contributed by atoms with Crippen LogP contribution >= 0.6 is 0 Å². The van der Waals surface area contributed by atoms with Gasteiger partial charge in [-0.25, -0.2) is 23.4 Å². The molecule has 0 bridgehead atoms. The molecule has 38 heavy (non-hydrogen) atoms. The Kier molecular flexibility index (Phi) is 8.65. The van der Waals surface area contributed by atoms with Crippen molar-refractivity contribution in [1.82, 2.24) is 25.1 Å². The molecular formula is C27H35F2N5O3Si. The molecule has 0 unspecified atom stereocenters. The molecule has 1 aliphatic rings.